The smallest absolute Gasteiger partial charge is 0.338 e. The number of nitrogens with zero attached hydrogens (tertiary/aromatic N) is 1. The summed E-state index contributed by atoms with van der Waals surface area (Å²) in [5.41, 5.74) is 0.185. The van der Waals surface area contributed by atoms with Gasteiger partial charge in [0.25, 0.3) is 5.69 Å². The summed E-state index contributed by atoms with van der Waals surface area (Å²) in [6.45, 7) is 0.312. The Bertz CT molecular complexity index is 655. The van der Waals surface area contributed by atoms with Crippen LogP contribution in [-0.2, 0) is 4.74 Å². The molecule has 0 aliphatic heterocycles. The number of esters is 1. The lowest BCUT2D eigenvalue weighted by molar-refractivity contribution is -0.384. The Kier molecular flexibility index (Phi) is 5.48. The van der Waals surface area contributed by atoms with Crippen molar-refractivity contribution in [1.82, 2.24) is 0 Å². The normalized spacial score (nSPS) is 10.0. The number of benzene rings is 2. The number of carbonyl (C=O) groups is 1. The second-order valence-corrected chi connectivity index (χ2v) is 5.16. The summed E-state index contributed by atoms with van der Waals surface area (Å²) in [5, 5.41) is 10.5. The van der Waals surface area contributed by atoms with Crippen molar-refractivity contribution in [2.24, 2.45) is 0 Å². The first-order valence-electron chi connectivity index (χ1n) is 6.36. The maximum absolute atomic E-state index is 11.7. The van der Waals surface area contributed by atoms with E-state index in [0.717, 1.165) is 4.47 Å². The van der Waals surface area contributed by atoms with Gasteiger partial charge in [-0.1, -0.05) is 15.9 Å². The molecule has 0 N–H and O–H groups in total. The summed E-state index contributed by atoms with van der Waals surface area (Å²) in [4.78, 5) is 21.7. The van der Waals surface area contributed by atoms with Crippen LogP contribution >= 0.6 is 15.9 Å². The molecule has 2 rings (SSSR count). The topological polar surface area (TPSA) is 78.7 Å². The van der Waals surface area contributed by atoms with Crippen molar-refractivity contribution in [3.63, 3.8) is 0 Å². The third-order valence-corrected chi connectivity index (χ3v) is 3.24. The highest BCUT2D eigenvalue weighted by atomic mass is 79.9. The molecular formula is C15H12BrNO5. The lowest BCUT2D eigenvalue weighted by atomic mass is 10.2. The van der Waals surface area contributed by atoms with Gasteiger partial charge >= 0.3 is 5.97 Å². The molecule has 2 aromatic carbocycles. The Hall–Kier alpha value is -2.41. The van der Waals surface area contributed by atoms with E-state index >= 15 is 0 Å². The van der Waals surface area contributed by atoms with Crippen molar-refractivity contribution in [3.05, 3.63) is 68.7 Å². The van der Waals surface area contributed by atoms with Gasteiger partial charge in [0.2, 0.25) is 0 Å². The number of carbonyl (C=O) groups excluding carboxylic acids is 1. The van der Waals surface area contributed by atoms with Crippen LogP contribution in [0, 0.1) is 10.1 Å². The number of nitro benzene ring substituents is 1. The van der Waals surface area contributed by atoms with Gasteiger partial charge < -0.3 is 9.47 Å². The molecule has 0 heterocycles. The predicted octanol–water partition coefficient (Wildman–Crippen LogP) is 3.59. The number of nitro groups is 1. The van der Waals surface area contributed by atoms with Crippen LogP contribution < -0.4 is 4.74 Å². The molecule has 0 radical (unpaired) electrons. The number of hydrogen-bond acceptors (Lipinski definition) is 5. The van der Waals surface area contributed by atoms with E-state index in [1.165, 1.54) is 24.3 Å². The minimum absolute atomic E-state index is 0.0740. The summed E-state index contributed by atoms with van der Waals surface area (Å²) in [5.74, 6) is 0.129. The van der Waals surface area contributed by atoms with Crippen LogP contribution in [0.15, 0.2) is 53.0 Å². The summed E-state index contributed by atoms with van der Waals surface area (Å²) in [6, 6.07) is 12.5. The second-order valence-electron chi connectivity index (χ2n) is 4.24. The van der Waals surface area contributed by atoms with Gasteiger partial charge in [0.15, 0.2) is 0 Å². The van der Waals surface area contributed by atoms with Gasteiger partial charge in [0.1, 0.15) is 19.0 Å². The average Bonchev–Trinajstić information content (AvgIpc) is 2.53. The van der Waals surface area contributed by atoms with Crippen LogP contribution in [0.5, 0.6) is 5.75 Å². The van der Waals surface area contributed by atoms with E-state index in [-0.39, 0.29) is 24.5 Å². The summed E-state index contributed by atoms with van der Waals surface area (Å²) >= 11 is 3.32. The molecule has 0 saturated heterocycles. The van der Waals surface area contributed by atoms with Gasteiger partial charge in [0.05, 0.1) is 10.5 Å². The maximum Gasteiger partial charge on any atom is 0.338 e. The molecule has 0 spiro atoms. The van der Waals surface area contributed by atoms with Gasteiger partial charge in [-0.2, -0.15) is 0 Å². The molecule has 22 heavy (non-hydrogen) atoms. The van der Waals surface area contributed by atoms with Crippen LogP contribution in [0.25, 0.3) is 0 Å². The molecule has 0 aliphatic rings. The van der Waals surface area contributed by atoms with Crippen molar-refractivity contribution in [2.75, 3.05) is 13.2 Å². The maximum atomic E-state index is 11.7. The zero-order chi connectivity index (χ0) is 15.9. The van der Waals surface area contributed by atoms with E-state index in [2.05, 4.69) is 15.9 Å². The molecule has 0 saturated carbocycles. The molecule has 0 aliphatic carbocycles. The minimum Gasteiger partial charge on any atom is -0.490 e. The zero-order valence-corrected chi connectivity index (χ0v) is 13.0. The van der Waals surface area contributed by atoms with E-state index in [0.29, 0.717) is 5.75 Å². The van der Waals surface area contributed by atoms with Gasteiger partial charge in [-0.3, -0.25) is 10.1 Å². The first-order valence-corrected chi connectivity index (χ1v) is 7.15. The standard InChI is InChI=1S/C15H12BrNO5/c16-12-3-7-14(8-4-12)21-9-10-22-15(18)11-1-5-13(6-2-11)17(19)20/h1-8H,9-10H2. The van der Waals surface area contributed by atoms with E-state index in [1.54, 1.807) is 12.1 Å². The van der Waals surface area contributed by atoms with E-state index < -0.39 is 10.9 Å². The van der Waals surface area contributed by atoms with Crippen molar-refractivity contribution in [2.45, 2.75) is 0 Å². The first-order chi connectivity index (χ1) is 10.6. The van der Waals surface area contributed by atoms with Crippen LogP contribution in [0.3, 0.4) is 0 Å². The van der Waals surface area contributed by atoms with Crippen molar-refractivity contribution >= 4 is 27.6 Å². The van der Waals surface area contributed by atoms with E-state index in [4.69, 9.17) is 9.47 Å². The number of rotatable bonds is 6. The number of halogens is 1. The van der Waals surface area contributed by atoms with E-state index in [1.807, 2.05) is 12.1 Å². The lowest BCUT2D eigenvalue weighted by Crippen LogP contribution is -2.12. The molecule has 0 atom stereocenters. The molecule has 7 heteroatoms. The van der Waals surface area contributed by atoms with Gasteiger partial charge in [0, 0.05) is 16.6 Å². The largest absolute Gasteiger partial charge is 0.490 e. The zero-order valence-electron chi connectivity index (χ0n) is 11.4. The van der Waals surface area contributed by atoms with Crippen molar-refractivity contribution in [3.8, 4) is 5.75 Å². The minimum atomic E-state index is -0.547. The predicted molar refractivity (Wildman–Crippen MR) is 83.0 cm³/mol. The van der Waals surface area contributed by atoms with E-state index in [9.17, 15) is 14.9 Å². The summed E-state index contributed by atoms with van der Waals surface area (Å²) < 4.78 is 11.4. The third kappa shape index (κ3) is 4.56. The highest BCUT2D eigenvalue weighted by Crippen LogP contribution is 2.16. The quantitative estimate of drug-likeness (QED) is 0.338. The number of ether oxygens (including phenoxy) is 2. The Balaban J connectivity index is 1.77. The molecule has 0 aromatic heterocycles. The second kappa shape index (κ2) is 7.56. The van der Waals surface area contributed by atoms with Gasteiger partial charge in [-0.15, -0.1) is 0 Å². The highest BCUT2D eigenvalue weighted by Gasteiger charge is 2.10. The average molecular weight is 366 g/mol. The molecule has 114 valence electrons. The summed E-state index contributed by atoms with van der Waals surface area (Å²) in [7, 11) is 0. The van der Waals surface area contributed by atoms with Crippen LogP contribution in [0.2, 0.25) is 0 Å². The van der Waals surface area contributed by atoms with Crippen molar-refractivity contribution < 1.29 is 19.2 Å². The highest BCUT2D eigenvalue weighted by molar-refractivity contribution is 9.10. The molecular weight excluding hydrogens is 354 g/mol. The third-order valence-electron chi connectivity index (χ3n) is 2.71. The molecule has 0 bridgehead atoms. The van der Waals surface area contributed by atoms with Crippen LogP contribution in [-0.4, -0.2) is 24.1 Å². The molecule has 0 unspecified atom stereocenters. The van der Waals surface area contributed by atoms with Gasteiger partial charge in [-0.05, 0) is 36.4 Å². The summed E-state index contributed by atoms with van der Waals surface area (Å²) in [6.07, 6.45) is 0. The molecule has 0 fully saturated rings. The monoisotopic (exact) mass is 365 g/mol. The lowest BCUT2D eigenvalue weighted by Gasteiger charge is -2.07. The first kappa shape index (κ1) is 16.0. The molecule has 0 amide bonds. The van der Waals surface area contributed by atoms with Crippen LogP contribution in [0.4, 0.5) is 5.69 Å². The fourth-order valence-corrected chi connectivity index (χ4v) is 1.89. The van der Waals surface area contributed by atoms with Crippen LogP contribution in [0.1, 0.15) is 10.4 Å². The SMILES string of the molecule is O=C(OCCOc1ccc(Br)cc1)c1ccc([N+](=O)[O-])cc1. The fraction of sp³-hybridized carbons (Fsp3) is 0.133. The Labute approximate surface area is 134 Å². The molecule has 2 aromatic rings. The Morgan fingerprint density at radius 1 is 1.05 bits per heavy atom. The number of non-ortho nitro benzene ring substituents is 1. The fourth-order valence-electron chi connectivity index (χ4n) is 1.63. The Morgan fingerprint density at radius 3 is 2.27 bits per heavy atom. The van der Waals surface area contributed by atoms with Crippen molar-refractivity contribution in [1.29, 1.82) is 0 Å². The molecule has 6 nitrogen and oxygen atoms in total. The van der Waals surface area contributed by atoms with Gasteiger partial charge in [-0.25, -0.2) is 4.79 Å². The number of hydrogen-bond donors (Lipinski definition) is 0. The Morgan fingerprint density at radius 2 is 1.68 bits per heavy atom.